The Bertz CT molecular complexity index is 660. The van der Waals surface area contributed by atoms with E-state index >= 15 is 0 Å². The SMILES string of the molecule is COc1ccccc1CN(C)c1cccc(Br)c1C(N)=S. The van der Waals surface area contributed by atoms with E-state index in [1.165, 1.54) is 0 Å². The van der Waals surface area contributed by atoms with E-state index in [-0.39, 0.29) is 0 Å². The number of nitrogens with two attached hydrogens (primary N) is 1. The Morgan fingerprint density at radius 2 is 1.95 bits per heavy atom. The summed E-state index contributed by atoms with van der Waals surface area (Å²) in [6, 6.07) is 13.9. The molecule has 0 fully saturated rings. The summed E-state index contributed by atoms with van der Waals surface area (Å²) in [6.45, 7) is 0.704. The van der Waals surface area contributed by atoms with E-state index in [0.717, 1.165) is 27.0 Å². The first-order chi connectivity index (χ1) is 10.0. The first-order valence-electron chi connectivity index (χ1n) is 6.46. The Kier molecular flexibility index (Phi) is 5.20. The number of hydrogen-bond acceptors (Lipinski definition) is 3. The van der Waals surface area contributed by atoms with Crippen LogP contribution in [0.3, 0.4) is 0 Å². The van der Waals surface area contributed by atoms with Crippen LogP contribution in [-0.4, -0.2) is 19.1 Å². The number of nitrogens with zero attached hydrogens (tertiary/aromatic N) is 1. The molecule has 0 amide bonds. The van der Waals surface area contributed by atoms with Crippen molar-refractivity contribution in [1.82, 2.24) is 0 Å². The predicted octanol–water partition coefficient (Wildman–Crippen LogP) is 3.73. The van der Waals surface area contributed by atoms with Gasteiger partial charge in [0.1, 0.15) is 10.7 Å². The summed E-state index contributed by atoms with van der Waals surface area (Å²) < 4.78 is 6.30. The van der Waals surface area contributed by atoms with Crippen LogP contribution in [0, 0.1) is 0 Å². The normalized spacial score (nSPS) is 10.2. The Morgan fingerprint density at radius 1 is 1.24 bits per heavy atom. The summed E-state index contributed by atoms with van der Waals surface area (Å²) in [5.41, 5.74) is 8.80. The van der Waals surface area contributed by atoms with Crippen molar-refractivity contribution in [2.45, 2.75) is 6.54 Å². The third-order valence-corrected chi connectivity index (χ3v) is 4.11. The Labute approximate surface area is 138 Å². The zero-order valence-electron chi connectivity index (χ0n) is 12.0. The summed E-state index contributed by atoms with van der Waals surface area (Å²) in [4.78, 5) is 2.49. The van der Waals surface area contributed by atoms with Gasteiger partial charge in [-0.2, -0.15) is 0 Å². The molecule has 0 spiro atoms. The van der Waals surface area contributed by atoms with Crippen molar-refractivity contribution < 1.29 is 4.74 Å². The first kappa shape index (κ1) is 15.8. The molecule has 0 saturated carbocycles. The fraction of sp³-hybridized carbons (Fsp3) is 0.188. The number of methoxy groups -OCH3 is 1. The van der Waals surface area contributed by atoms with Gasteiger partial charge < -0.3 is 15.4 Å². The van der Waals surface area contributed by atoms with E-state index in [1.54, 1.807) is 7.11 Å². The molecule has 3 nitrogen and oxygen atoms in total. The van der Waals surface area contributed by atoms with Crippen molar-refractivity contribution in [2.75, 3.05) is 19.1 Å². The van der Waals surface area contributed by atoms with Crippen LogP contribution in [0.2, 0.25) is 0 Å². The fourth-order valence-electron chi connectivity index (χ4n) is 2.25. The second-order valence-electron chi connectivity index (χ2n) is 4.67. The van der Waals surface area contributed by atoms with Gasteiger partial charge in [-0.25, -0.2) is 0 Å². The maximum atomic E-state index is 5.85. The van der Waals surface area contributed by atoms with Crippen molar-refractivity contribution in [3.63, 3.8) is 0 Å². The molecule has 0 aliphatic rings. The fourth-order valence-corrected chi connectivity index (χ4v) is 3.16. The van der Waals surface area contributed by atoms with Crippen LogP contribution < -0.4 is 15.4 Å². The molecular weight excluding hydrogens is 348 g/mol. The third-order valence-electron chi connectivity index (χ3n) is 3.25. The van der Waals surface area contributed by atoms with Gasteiger partial charge in [-0.1, -0.05) is 36.5 Å². The zero-order valence-corrected chi connectivity index (χ0v) is 14.4. The molecule has 2 aromatic carbocycles. The average Bonchev–Trinajstić information content (AvgIpc) is 2.47. The van der Waals surface area contributed by atoms with Gasteiger partial charge in [0.05, 0.1) is 7.11 Å². The minimum atomic E-state index is 0.379. The molecule has 0 aromatic heterocycles. The minimum Gasteiger partial charge on any atom is -0.496 e. The standard InChI is InChI=1S/C16H17BrN2OS/c1-19(10-11-6-3-4-9-14(11)20-2)13-8-5-7-12(17)15(13)16(18)21/h3-9H,10H2,1-2H3,(H2,18,21). The lowest BCUT2D eigenvalue weighted by Crippen LogP contribution is -2.22. The van der Waals surface area contributed by atoms with Crippen LogP contribution in [-0.2, 0) is 6.54 Å². The van der Waals surface area contributed by atoms with Crippen LogP contribution in [0.25, 0.3) is 0 Å². The molecule has 2 aromatic rings. The van der Waals surface area contributed by atoms with Gasteiger partial charge in [0.2, 0.25) is 0 Å². The maximum Gasteiger partial charge on any atom is 0.123 e. The van der Waals surface area contributed by atoms with Gasteiger partial charge in [-0.15, -0.1) is 0 Å². The highest BCUT2D eigenvalue weighted by Crippen LogP contribution is 2.29. The molecular formula is C16H17BrN2OS. The van der Waals surface area contributed by atoms with Gasteiger partial charge in [0.25, 0.3) is 0 Å². The van der Waals surface area contributed by atoms with Crippen molar-refractivity contribution in [2.24, 2.45) is 5.73 Å². The topological polar surface area (TPSA) is 38.5 Å². The van der Waals surface area contributed by atoms with Crippen LogP contribution in [0.1, 0.15) is 11.1 Å². The average molecular weight is 365 g/mol. The quantitative estimate of drug-likeness (QED) is 0.820. The van der Waals surface area contributed by atoms with Crippen molar-refractivity contribution in [3.8, 4) is 5.75 Å². The molecule has 110 valence electrons. The van der Waals surface area contributed by atoms with E-state index in [9.17, 15) is 0 Å². The second kappa shape index (κ2) is 6.91. The van der Waals surface area contributed by atoms with Gasteiger partial charge >= 0.3 is 0 Å². The van der Waals surface area contributed by atoms with E-state index in [0.29, 0.717) is 11.5 Å². The highest BCUT2D eigenvalue weighted by molar-refractivity contribution is 9.10. The Morgan fingerprint density at radius 3 is 2.62 bits per heavy atom. The van der Waals surface area contributed by atoms with Gasteiger partial charge in [-0.3, -0.25) is 0 Å². The van der Waals surface area contributed by atoms with Crippen LogP contribution >= 0.6 is 28.1 Å². The monoisotopic (exact) mass is 364 g/mol. The second-order valence-corrected chi connectivity index (χ2v) is 5.96. The number of para-hydroxylation sites is 1. The van der Waals surface area contributed by atoms with E-state index in [4.69, 9.17) is 22.7 Å². The Balaban J connectivity index is 2.35. The first-order valence-corrected chi connectivity index (χ1v) is 7.66. The third kappa shape index (κ3) is 3.54. The number of benzene rings is 2. The molecule has 0 aliphatic carbocycles. The number of anilines is 1. The lowest BCUT2D eigenvalue weighted by molar-refractivity contribution is 0.409. The summed E-state index contributed by atoms with van der Waals surface area (Å²) >= 11 is 8.68. The number of hydrogen-bond donors (Lipinski definition) is 1. The largest absolute Gasteiger partial charge is 0.496 e. The molecule has 0 bridgehead atoms. The highest BCUT2D eigenvalue weighted by Gasteiger charge is 2.14. The summed E-state index contributed by atoms with van der Waals surface area (Å²) in [7, 11) is 3.69. The molecule has 0 atom stereocenters. The number of ether oxygens (including phenoxy) is 1. The summed E-state index contributed by atoms with van der Waals surface area (Å²) in [5.74, 6) is 0.872. The lowest BCUT2D eigenvalue weighted by atomic mass is 10.1. The Hall–Kier alpha value is -1.59. The van der Waals surface area contributed by atoms with E-state index in [1.807, 2.05) is 49.5 Å². The van der Waals surface area contributed by atoms with Crippen molar-refractivity contribution in [1.29, 1.82) is 0 Å². The molecule has 0 heterocycles. The summed E-state index contributed by atoms with van der Waals surface area (Å²) in [5, 5.41) is 0. The van der Waals surface area contributed by atoms with Gasteiger partial charge in [0.15, 0.2) is 0 Å². The van der Waals surface area contributed by atoms with Crippen molar-refractivity contribution >= 4 is 38.8 Å². The summed E-state index contributed by atoms with van der Waals surface area (Å²) in [6.07, 6.45) is 0. The van der Waals surface area contributed by atoms with E-state index in [2.05, 4.69) is 20.8 Å². The lowest BCUT2D eigenvalue weighted by Gasteiger charge is -2.24. The number of thiocarbonyl (C=S) groups is 1. The predicted molar refractivity (Wildman–Crippen MR) is 95.1 cm³/mol. The van der Waals surface area contributed by atoms with Crippen LogP contribution in [0.5, 0.6) is 5.75 Å². The van der Waals surface area contributed by atoms with Crippen LogP contribution in [0.4, 0.5) is 5.69 Å². The number of rotatable bonds is 5. The number of halogens is 1. The molecule has 2 N–H and O–H groups in total. The molecule has 21 heavy (non-hydrogen) atoms. The van der Waals surface area contributed by atoms with Gasteiger partial charge in [-0.05, 0) is 34.1 Å². The zero-order chi connectivity index (χ0) is 15.4. The molecule has 0 saturated heterocycles. The van der Waals surface area contributed by atoms with Gasteiger partial charge in [0, 0.05) is 34.9 Å². The highest BCUT2D eigenvalue weighted by atomic mass is 79.9. The minimum absolute atomic E-state index is 0.379. The smallest absolute Gasteiger partial charge is 0.123 e. The molecule has 2 rings (SSSR count). The van der Waals surface area contributed by atoms with Crippen LogP contribution in [0.15, 0.2) is 46.9 Å². The molecule has 5 heteroatoms. The van der Waals surface area contributed by atoms with Crippen molar-refractivity contribution in [3.05, 3.63) is 58.1 Å². The van der Waals surface area contributed by atoms with E-state index < -0.39 is 0 Å². The molecule has 0 unspecified atom stereocenters. The maximum absolute atomic E-state index is 5.85. The molecule has 0 radical (unpaired) electrons. The molecule has 0 aliphatic heterocycles.